The number of anilines is 1. The van der Waals surface area contributed by atoms with E-state index in [2.05, 4.69) is 9.97 Å². The molecule has 35 heavy (non-hydrogen) atoms. The Balaban J connectivity index is 1.86. The van der Waals surface area contributed by atoms with E-state index in [0.717, 1.165) is 0 Å². The number of benzene rings is 1. The molecule has 0 radical (unpaired) electrons. The van der Waals surface area contributed by atoms with Crippen LogP contribution in [0, 0.1) is 12.7 Å². The highest BCUT2D eigenvalue weighted by Crippen LogP contribution is 2.41. The normalized spacial score (nSPS) is 16.7. The molecule has 2 aromatic heterocycles. The molecule has 0 saturated carbocycles. The summed E-state index contributed by atoms with van der Waals surface area (Å²) in [4.78, 5) is 23.4. The minimum atomic E-state index is -2.85. The van der Waals surface area contributed by atoms with Crippen LogP contribution < -0.4 is 10.5 Å². The van der Waals surface area contributed by atoms with Crippen molar-refractivity contribution in [3.05, 3.63) is 51.9 Å². The van der Waals surface area contributed by atoms with Crippen LogP contribution >= 0.6 is 11.6 Å². The number of hydrogen-bond acceptors (Lipinski definition) is 5. The number of amides is 1. The SMILES string of the molecule is Cc1nc([C@H](C)c2cc(Cl)c(F)c(C(=O)N3CCC(F)(F)CC3)c2OC(C)C)n2ccnc(N)c12. The van der Waals surface area contributed by atoms with E-state index in [1.165, 1.54) is 11.0 Å². The molecule has 188 valence electrons. The van der Waals surface area contributed by atoms with Gasteiger partial charge in [0.2, 0.25) is 0 Å². The molecule has 3 aromatic rings. The van der Waals surface area contributed by atoms with Crippen molar-refractivity contribution in [2.24, 2.45) is 0 Å². The molecule has 0 spiro atoms. The topological polar surface area (TPSA) is 85.8 Å². The van der Waals surface area contributed by atoms with E-state index in [0.29, 0.717) is 28.4 Å². The number of rotatable bonds is 5. The number of carbonyl (C=O) groups excluding carboxylic acids is 1. The molecule has 1 fully saturated rings. The molecule has 1 aliphatic heterocycles. The van der Waals surface area contributed by atoms with Crippen LogP contribution in [0.1, 0.15) is 67.0 Å². The molecule has 1 aliphatic rings. The predicted molar refractivity (Wildman–Crippen MR) is 127 cm³/mol. The van der Waals surface area contributed by atoms with E-state index >= 15 is 4.39 Å². The van der Waals surface area contributed by atoms with Gasteiger partial charge in [0.1, 0.15) is 28.5 Å². The Bertz CT molecular complexity index is 1280. The largest absolute Gasteiger partial charge is 0.490 e. The number of imidazole rings is 1. The van der Waals surface area contributed by atoms with Crippen molar-refractivity contribution in [3.8, 4) is 5.75 Å². The maximum absolute atomic E-state index is 15.4. The summed E-state index contributed by atoms with van der Waals surface area (Å²) in [6.45, 7) is 6.74. The van der Waals surface area contributed by atoms with E-state index in [9.17, 15) is 13.6 Å². The van der Waals surface area contributed by atoms with Gasteiger partial charge in [0, 0.05) is 49.8 Å². The summed E-state index contributed by atoms with van der Waals surface area (Å²) in [7, 11) is 0. The van der Waals surface area contributed by atoms with E-state index in [4.69, 9.17) is 22.1 Å². The van der Waals surface area contributed by atoms with Crippen molar-refractivity contribution in [1.29, 1.82) is 0 Å². The summed E-state index contributed by atoms with van der Waals surface area (Å²) in [6.07, 6.45) is 1.88. The molecule has 0 unspecified atom stereocenters. The molecule has 3 heterocycles. The first-order valence-electron chi connectivity index (χ1n) is 11.4. The number of nitrogens with zero attached hydrogens (tertiary/aromatic N) is 4. The number of ether oxygens (including phenoxy) is 1. The molecule has 1 aromatic carbocycles. The van der Waals surface area contributed by atoms with E-state index in [-0.39, 0.29) is 29.4 Å². The van der Waals surface area contributed by atoms with Gasteiger partial charge in [0.05, 0.1) is 16.8 Å². The number of nitrogens with two attached hydrogens (primary N) is 1. The molecule has 7 nitrogen and oxygen atoms in total. The first-order chi connectivity index (χ1) is 16.4. The lowest BCUT2D eigenvalue weighted by molar-refractivity contribution is -0.0495. The van der Waals surface area contributed by atoms with Crippen LogP contribution in [0.15, 0.2) is 18.5 Å². The van der Waals surface area contributed by atoms with Gasteiger partial charge in [-0.05, 0) is 26.8 Å². The first-order valence-corrected chi connectivity index (χ1v) is 11.7. The Morgan fingerprint density at radius 3 is 2.54 bits per heavy atom. The van der Waals surface area contributed by atoms with Crippen molar-refractivity contribution in [3.63, 3.8) is 0 Å². The van der Waals surface area contributed by atoms with E-state index in [1.54, 1.807) is 37.6 Å². The van der Waals surface area contributed by atoms with Crippen LogP contribution in [0.4, 0.5) is 19.0 Å². The van der Waals surface area contributed by atoms with Crippen LogP contribution in [0.25, 0.3) is 5.52 Å². The zero-order valence-electron chi connectivity index (χ0n) is 19.9. The zero-order valence-corrected chi connectivity index (χ0v) is 20.7. The number of nitrogen functional groups attached to an aromatic ring is 1. The van der Waals surface area contributed by atoms with Crippen molar-refractivity contribution in [1.82, 2.24) is 19.3 Å². The second-order valence-electron chi connectivity index (χ2n) is 9.09. The average Bonchev–Trinajstić information content (AvgIpc) is 3.13. The molecule has 1 atom stereocenters. The number of alkyl halides is 2. The lowest BCUT2D eigenvalue weighted by Gasteiger charge is -2.32. The van der Waals surface area contributed by atoms with Gasteiger partial charge in [-0.3, -0.25) is 9.20 Å². The minimum absolute atomic E-state index is 0.0214. The Labute approximate surface area is 206 Å². The maximum Gasteiger partial charge on any atom is 0.260 e. The summed E-state index contributed by atoms with van der Waals surface area (Å²) in [5.41, 5.74) is 7.42. The third-order valence-corrected chi connectivity index (χ3v) is 6.46. The number of halogens is 4. The highest BCUT2D eigenvalue weighted by molar-refractivity contribution is 6.31. The van der Waals surface area contributed by atoms with Crippen molar-refractivity contribution in [2.75, 3.05) is 18.8 Å². The third-order valence-electron chi connectivity index (χ3n) is 6.19. The zero-order chi connectivity index (χ0) is 25.7. The van der Waals surface area contributed by atoms with Gasteiger partial charge in [0.25, 0.3) is 11.8 Å². The highest BCUT2D eigenvalue weighted by atomic mass is 35.5. The second-order valence-corrected chi connectivity index (χ2v) is 9.50. The fourth-order valence-corrected chi connectivity index (χ4v) is 4.62. The maximum atomic E-state index is 15.4. The van der Waals surface area contributed by atoms with Gasteiger partial charge < -0.3 is 15.4 Å². The molecule has 1 amide bonds. The Hall–Kier alpha value is -3.01. The number of hydrogen-bond donors (Lipinski definition) is 1. The minimum Gasteiger partial charge on any atom is -0.490 e. The first kappa shape index (κ1) is 25.1. The Kier molecular flexibility index (Phi) is 6.61. The third kappa shape index (κ3) is 4.63. The van der Waals surface area contributed by atoms with Crippen LogP contribution in [-0.2, 0) is 0 Å². The highest BCUT2D eigenvalue weighted by Gasteiger charge is 2.38. The number of carbonyl (C=O) groups is 1. The molecule has 11 heteroatoms. The Morgan fingerprint density at radius 1 is 1.26 bits per heavy atom. The fourth-order valence-electron chi connectivity index (χ4n) is 4.41. The van der Waals surface area contributed by atoms with Crippen molar-refractivity contribution >= 4 is 28.8 Å². The molecular formula is C24H27ClF3N5O2. The molecule has 1 saturated heterocycles. The lowest BCUT2D eigenvalue weighted by Crippen LogP contribution is -2.43. The van der Waals surface area contributed by atoms with Gasteiger partial charge in [-0.15, -0.1) is 0 Å². The average molecular weight is 510 g/mol. The Morgan fingerprint density at radius 2 is 1.91 bits per heavy atom. The molecule has 2 N–H and O–H groups in total. The van der Waals surface area contributed by atoms with Gasteiger partial charge in [-0.25, -0.2) is 23.1 Å². The van der Waals surface area contributed by atoms with Gasteiger partial charge in [-0.2, -0.15) is 0 Å². The molecule has 0 aliphatic carbocycles. The van der Waals surface area contributed by atoms with Crippen LogP contribution in [0.5, 0.6) is 5.75 Å². The van der Waals surface area contributed by atoms with Crippen LogP contribution in [-0.4, -0.2) is 50.3 Å². The van der Waals surface area contributed by atoms with Gasteiger partial charge in [-0.1, -0.05) is 18.5 Å². The molecule has 0 bridgehead atoms. The number of aromatic nitrogens is 3. The number of aryl methyl sites for hydroxylation is 1. The molecule has 4 rings (SSSR count). The fraction of sp³-hybridized carbons (Fsp3) is 0.458. The van der Waals surface area contributed by atoms with E-state index < -0.39 is 42.5 Å². The van der Waals surface area contributed by atoms with Crippen molar-refractivity contribution in [2.45, 2.75) is 58.5 Å². The monoisotopic (exact) mass is 509 g/mol. The standard InChI is InChI=1S/C24H27ClF3N5O2/c1-12(2)35-20-15(13(3)22-31-14(4)19-21(29)30-7-10-33(19)22)11-16(25)18(26)17(20)23(34)32-8-5-24(27,28)6-9-32/h7,10-13H,5-6,8-9H2,1-4H3,(H2,29,30)/t13-/m1/s1. The van der Waals surface area contributed by atoms with Gasteiger partial charge in [0.15, 0.2) is 5.82 Å². The van der Waals surface area contributed by atoms with E-state index in [1.807, 2.05) is 6.92 Å². The molecular weight excluding hydrogens is 483 g/mol. The predicted octanol–water partition coefficient (Wildman–Crippen LogP) is 5.22. The summed E-state index contributed by atoms with van der Waals surface area (Å²) in [5, 5.41) is -0.271. The number of likely N-dealkylation sites (tertiary alicyclic amines) is 1. The summed E-state index contributed by atoms with van der Waals surface area (Å²) < 4.78 is 50.5. The number of piperidine rings is 1. The quantitative estimate of drug-likeness (QED) is 0.509. The second kappa shape index (κ2) is 9.22. The van der Waals surface area contributed by atoms with Crippen LogP contribution in [0.3, 0.4) is 0 Å². The summed E-state index contributed by atoms with van der Waals surface area (Å²) >= 11 is 6.26. The summed E-state index contributed by atoms with van der Waals surface area (Å²) in [5.74, 6) is -4.13. The lowest BCUT2D eigenvalue weighted by atomic mass is 9.95. The smallest absolute Gasteiger partial charge is 0.260 e. The number of fused-ring (bicyclic) bond motifs is 1. The van der Waals surface area contributed by atoms with Crippen molar-refractivity contribution < 1.29 is 22.7 Å². The van der Waals surface area contributed by atoms with Gasteiger partial charge >= 0.3 is 0 Å². The summed E-state index contributed by atoms with van der Waals surface area (Å²) in [6, 6.07) is 1.42. The van der Waals surface area contributed by atoms with Crippen LogP contribution in [0.2, 0.25) is 5.02 Å².